The maximum Gasteiger partial charge on any atom is 0.206 e. The summed E-state index contributed by atoms with van der Waals surface area (Å²) < 4.78 is 0. The third-order valence-electron chi connectivity index (χ3n) is 2.81. The van der Waals surface area contributed by atoms with Crippen LogP contribution in [0.1, 0.15) is 11.1 Å². The van der Waals surface area contributed by atoms with Gasteiger partial charge in [0.15, 0.2) is 0 Å². The fourth-order valence-corrected chi connectivity index (χ4v) is 1.89. The zero-order valence-electron chi connectivity index (χ0n) is 10.1. The number of hydrazone groups is 1. The molecular weight excluding hydrogens is 238 g/mol. The van der Waals surface area contributed by atoms with Crippen LogP contribution >= 0.6 is 0 Å². The molecular formula is C15H11N3O. The Morgan fingerprint density at radius 3 is 2.68 bits per heavy atom. The van der Waals surface area contributed by atoms with E-state index < -0.39 is 0 Å². The number of pyridine rings is 1. The van der Waals surface area contributed by atoms with Crippen LogP contribution in [-0.2, 0) is 4.79 Å². The lowest BCUT2D eigenvalue weighted by Crippen LogP contribution is -2.19. The van der Waals surface area contributed by atoms with Gasteiger partial charge in [0.1, 0.15) is 11.5 Å². The summed E-state index contributed by atoms with van der Waals surface area (Å²) in [5, 5.41) is 4.18. The molecule has 0 fully saturated rings. The van der Waals surface area contributed by atoms with Crippen LogP contribution in [0.3, 0.4) is 0 Å². The van der Waals surface area contributed by atoms with Crippen molar-refractivity contribution in [1.82, 2.24) is 4.98 Å². The van der Waals surface area contributed by atoms with E-state index in [9.17, 15) is 4.79 Å². The van der Waals surface area contributed by atoms with Crippen LogP contribution < -0.4 is 5.43 Å². The van der Waals surface area contributed by atoms with Crippen LogP contribution in [0, 0.1) is 0 Å². The number of nitrogens with one attached hydrogen (secondary N) is 1. The Balaban J connectivity index is 1.96. The third kappa shape index (κ3) is 2.28. The lowest BCUT2D eigenvalue weighted by atomic mass is 9.95. The van der Waals surface area contributed by atoms with Gasteiger partial charge < -0.3 is 0 Å². The van der Waals surface area contributed by atoms with Crippen LogP contribution in [0.15, 0.2) is 59.8 Å². The molecule has 0 aliphatic heterocycles. The minimum absolute atomic E-state index is 0.109. The Bertz CT molecular complexity index is 675. The molecule has 92 valence electrons. The summed E-state index contributed by atoms with van der Waals surface area (Å²) in [6, 6.07) is 13.1. The van der Waals surface area contributed by atoms with Gasteiger partial charge in [-0.3, -0.25) is 10.2 Å². The Kier molecular flexibility index (Phi) is 2.90. The number of ketones is 1. The van der Waals surface area contributed by atoms with E-state index in [-0.39, 0.29) is 5.78 Å². The number of benzene rings is 1. The maximum atomic E-state index is 11.9. The quantitative estimate of drug-likeness (QED) is 0.832. The summed E-state index contributed by atoms with van der Waals surface area (Å²) in [6.45, 7) is 0. The summed E-state index contributed by atoms with van der Waals surface area (Å²) in [7, 11) is 0. The van der Waals surface area contributed by atoms with Crippen molar-refractivity contribution < 1.29 is 4.79 Å². The topological polar surface area (TPSA) is 54.4 Å². The number of hydrogen-bond donors (Lipinski definition) is 1. The number of fused-ring (bicyclic) bond motifs is 1. The lowest BCUT2D eigenvalue weighted by Gasteiger charge is -2.11. The van der Waals surface area contributed by atoms with Crippen LogP contribution in [0.4, 0.5) is 5.82 Å². The third-order valence-corrected chi connectivity index (χ3v) is 2.81. The number of allylic oxidation sites excluding steroid dienone is 1. The molecule has 3 rings (SSSR count). The molecule has 0 radical (unpaired) electrons. The van der Waals surface area contributed by atoms with Gasteiger partial charge in [0.2, 0.25) is 5.78 Å². The van der Waals surface area contributed by atoms with Gasteiger partial charge in [0.25, 0.3) is 0 Å². The van der Waals surface area contributed by atoms with Crippen molar-refractivity contribution in [2.45, 2.75) is 0 Å². The molecule has 0 spiro atoms. The van der Waals surface area contributed by atoms with E-state index in [1.54, 1.807) is 18.3 Å². The van der Waals surface area contributed by atoms with Crippen molar-refractivity contribution in [1.29, 1.82) is 0 Å². The molecule has 2 aromatic rings. The van der Waals surface area contributed by atoms with Gasteiger partial charge in [-0.05, 0) is 23.8 Å². The van der Waals surface area contributed by atoms with E-state index in [1.807, 2.05) is 36.4 Å². The Morgan fingerprint density at radius 1 is 1.00 bits per heavy atom. The second-order valence-corrected chi connectivity index (χ2v) is 4.07. The molecule has 0 unspecified atom stereocenters. The monoisotopic (exact) mass is 249 g/mol. The highest BCUT2D eigenvalue weighted by molar-refractivity contribution is 6.52. The molecule has 1 heterocycles. The van der Waals surface area contributed by atoms with Crippen LogP contribution in [0.5, 0.6) is 0 Å². The first-order valence-corrected chi connectivity index (χ1v) is 5.91. The van der Waals surface area contributed by atoms with Crippen LogP contribution in [-0.4, -0.2) is 16.5 Å². The molecule has 0 saturated heterocycles. The average molecular weight is 249 g/mol. The number of carbonyl (C=O) groups is 1. The number of aromatic nitrogens is 1. The van der Waals surface area contributed by atoms with Gasteiger partial charge in [0.05, 0.1) is 0 Å². The highest BCUT2D eigenvalue weighted by atomic mass is 16.1. The number of anilines is 1. The summed E-state index contributed by atoms with van der Waals surface area (Å²) >= 11 is 0. The zero-order valence-corrected chi connectivity index (χ0v) is 10.1. The molecule has 1 aliphatic rings. The molecule has 1 aromatic carbocycles. The highest BCUT2D eigenvalue weighted by Crippen LogP contribution is 2.17. The van der Waals surface area contributed by atoms with Gasteiger partial charge in [-0.15, -0.1) is 0 Å². The Labute approximate surface area is 110 Å². The summed E-state index contributed by atoms with van der Waals surface area (Å²) in [5.74, 6) is 0.497. The molecule has 0 atom stereocenters. The van der Waals surface area contributed by atoms with Gasteiger partial charge in [-0.25, -0.2) is 4.98 Å². The number of nitrogens with zero attached hydrogens (tertiary/aromatic N) is 2. The van der Waals surface area contributed by atoms with Crippen LogP contribution in [0.2, 0.25) is 0 Å². The first-order chi connectivity index (χ1) is 9.34. The SMILES string of the molecule is O=C1C=Cc2ccccc2C1=NNc1ccccn1. The molecule has 0 saturated carbocycles. The van der Waals surface area contributed by atoms with Gasteiger partial charge in [-0.1, -0.05) is 36.4 Å². The number of rotatable bonds is 2. The second kappa shape index (κ2) is 4.86. The minimum Gasteiger partial charge on any atom is -0.287 e. The lowest BCUT2D eigenvalue weighted by molar-refractivity contribution is -0.108. The van der Waals surface area contributed by atoms with Gasteiger partial charge in [-0.2, -0.15) is 5.10 Å². The van der Waals surface area contributed by atoms with Crippen molar-refractivity contribution in [3.8, 4) is 0 Å². The molecule has 19 heavy (non-hydrogen) atoms. The van der Waals surface area contributed by atoms with E-state index in [0.717, 1.165) is 11.1 Å². The first-order valence-electron chi connectivity index (χ1n) is 5.91. The Hall–Kier alpha value is -2.75. The molecule has 1 aromatic heterocycles. The molecule has 0 bridgehead atoms. The van der Waals surface area contributed by atoms with E-state index in [1.165, 1.54) is 6.08 Å². The predicted molar refractivity (Wildman–Crippen MR) is 74.9 cm³/mol. The van der Waals surface area contributed by atoms with Crippen molar-refractivity contribution in [2.75, 3.05) is 5.43 Å². The molecule has 1 aliphatic carbocycles. The van der Waals surface area contributed by atoms with Crippen molar-refractivity contribution in [2.24, 2.45) is 5.10 Å². The zero-order chi connectivity index (χ0) is 13.1. The summed E-state index contributed by atoms with van der Waals surface area (Å²) in [4.78, 5) is 16.0. The Morgan fingerprint density at radius 2 is 1.84 bits per heavy atom. The molecule has 4 nitrogen and oxygen atoms in total. The molecule has 1 N–H and O–H groups in total. The second-order valence-electron chi connectivity index (χ2n) is 4.07. The smallest absolute Gasteiger partial charge is 0.206 e. The van der Waals surface area contributed by atoms with E-state index in [2.05, 4.69) is 15.5 Å². The standard InChI is InChI=1S/C15H11N3O/c19-13-9-8-11-5-1-2-6-12(11)15(13)18-17-14-7-3-4-10-16-14/h1-10H,(H,16,17). The largest absolute Gasteiger partial charge is 0.287 e. The van der Waals surface area contributed by atoms with Crippen molar-refractivity contribution in [3.63, 3.8) is 0 Å². The molecule has 4 heteroatoms. The van der Waals surface area contributed by atoms with Gasteiger partial charge in [0, 0.05) is 11.8 Å². The number of carbonyl (C=O) groups excluding carboxylic acids is 1. The first kappa shape index (κ1) is 11.3. The fraction of sp³-hybridized carbons (Fsp3) is 0. The minimum atomic E-state index is -0.109. The predicted octanol–water partition coefficient (Wildman–Crippen LogP) is 2.49. The van der Waals surface area contributed by atoms with Crippen molar-refractivity contribution >= 4 is 23.4 Å². The maximum absolute atomic E-state index is 11.9. The van der Waals surface area contributed by atoms with E-state index in [0.29, 0.717) is 11.5 Å². The average Bonchev–Trinajstić information content (AvgIpc) is 2.47. The fourth-order valence-electron chi connectivity index (χ4n) is 1.89. The van der Waals surface area contributed by atoms with E-state index in [4.69, 9.17) is 0 Å². The highest BCUT2D eigenvalue weighted by Gasteiger charge is 2.18. The van der Waals surface area contributed by atoms with E-state index >= 15 is 0 Å². The molecule has 0 amide bonds. The normalized spacial score (nSPS) is 15.4. The summed E-state index contributed by atoms with van der Waals surface area (Å²) in [6.07, 6.45) is 5.00. The van der Waals surface area contributed by atoms with Crippen molar-refractivity contribution in [3.05, 3.63) is 65.9 Å². The van der Waals surface area contributed by atoms with Gasteiger partial charge >= 0.3 is 0 Å². The number of hydrogen-bond acceptors (Lipinski definition) is 4. The summed E-state index contributed by atoms with van der Waals surface area (Å²) in [5.41, 5.74) is 5.04. The van der Waals surface area contributed by atoms with Crippen LogP contribution in [0.25, 0.3) is 6.08 Å².